The topological polar surface area (TPSA) is 23.6 Å². The number of carbonyl (C=O) groups is 1. The van der Waals surface area contributed by atoms with Gasteiger partial charge in [0.05, 0.1) is 0 Å². The van der Waals surface area contributed by atoms with Gasteiger partial charge in [-0.3, -0.25) is 9.69 Å². The minimum Gasteiger partial charge on any atom is -0.338 e. The van der Waals surface area contributed by atoms with Crippen molar-refractivity contribution in [1.29, 1.82) is 0 Å². The SMILES string of the molecule is CC(=O)N1CCN(Cc2ccccc2)CC1C. The Hall–Kier alpha value is -1.35. The fourth-order valence-electron chi connectivity index (χ4n) is 2.49. The van der Waals surface area contributed by atoms with Gasteiger partial charge in [0.2, 0.25) is 5.91 Å². The third-order valence-corrected chi connectivity index (χ3v) is 3.37. The van der Waals surface area contributed by atoms with Crippen LogP contribution in [0.4, 0.5) is 0 Å². The van der Waals surface area contributed by atoms with Gasteiger partial charge in [0.1, 0.15) is 0 Å². The maximum atomic E-state index is 11.4. The molecule has 0 N–H and O–H groups in total. The van der Waals surface area contributed by atoms with Crippen LogP contribution < -0.4 is 0 Å². The molecular formula is C14H20N2O. The normalized spacial score (nSPS) is 21.5. The third kappa shape index (κ3) is 3.07. The van der Waals surface area contributed by atoms with Crippen molar-refractivity contribution >= 4 is 5.91 Å². The molecule has 0 bridgehead atoms. The Kier molecular flexibility index (Phi) is 3.79. The molecule has 1 aromatic rings. The van der Waals surface area contributed by atoms with E-state index in [1.807, 2.05) is 11.0 Å². The van der Waals surface area contributed by atoms with Crippen LogP contribution in [0.3, 0.4) is 0 Å². The van der Waals surface area contributed by atoms with Gasteiger partial charge in [0.25, 0.3) is 0 Å². The Labute approximate surface area is 103 Å². The monoisotopic (exact) mass is 232 g/mol. The highest BCUT2D eigenvalue weighted by molar-refractivity contribution is 5.73. The second-order valence-electron chi connectivity index (χ2n) is 4.78. The molecule has 1 saturated heterocycles. The van der Waals surface area contributed by atoms with E-state index >= 15 is 0 Å². The number of hydrogen-bond acceptors (Lipinski definition) is 2. The van der Waals surface area contributed by atoms with Crippen molar-refractivity contribution in [2.24, 2.45) is 0 Å². The number of rotatable bonds is 2. The first-order chi connectivity index (χ1) is 8.16. The standard InChI is InChI=1S/C14H20N2O/c1-12-10-15(8-9-16(12)13(2)17)11-14-6-4-3-5-7-14/h3-7,12H,8-11H2,1-2H3. The van der Waals surface area contributed by atoms with Gasteiger partial charge in [-0.25, -0.2) is 0 Å². The zero-order valence-corrected chi connectivity index (χ0v) is 10.6. The molecule has 1 fully saturated rings. The second kappa shape index (κ2) is 5.32. The van der Waals surface area contributed by atoms with Gasteiger partial charge >= 0.3 is 0 Å². The molecule has 1 aliphatic heterocycles. The summed E-state index contributed by atoms with van der Waals surface area (Å²) < 4.78 is 0. The summed E-state index contributed by atoms with van der Waals surface area (Å²) in [7, 11) is 0. The first-order valence-electron chi connectivity index (χ1n) is 6.20. The van der Waals surface area contributed by atoms with Crippen molar-refractivity contribution in [1.82, 2.24) is 9.80 Å². The van der Waals surface area contributed by atoms with Gasteiger partial charge in [-0.2, -0.15) is 0 Å². The lowest BCUT2D eigenvalue weighted by Gasteiger charge is -2.39. The minimum absolute atomic E-state index is 0.192. The molecule has 1 amide bonds. The van der Waals surface area contributed by atoms with E-state index < -0.39 is 0 Å². The second-order valence-corrected chi connectivity index (χ2v) is 4.78. The fraction of sp³-hybridized carbons (Fsp3) is 0.500. The Morgan fingerprint density at radius 2 is 2.00 bits per heavy atom. The Balaban J connectivity index is 1.92. The quantitative estimate of drug-likeness (QED) is 0.775. The van der Waals surface area contributed by atoms with Gasteiger partial charge < -0.3 is 4.90 Å². The van der Waals surface area contributed by atoms with Crippen molar-refractivity contribution in [3.05, 3.63) is 35.9 Å². The average Bonchev–Trinajstić information content (AvgIpc) is 2.30. The van der Waals surface area contributed by atoms with Gasteiger partial charge in [0, 0.05) is 39.1 Å². The molecule has 1 atom stereocenters. The minimum atomic E-state index is 0.192. The Bertz CT molecular complexity index is 377. The van der Waals surface area contributed by atoms with Crippen molar-refractivity contribution in [2.75, 3.05) is 19.6 Å². The van der Waals surface area contributed by atoms with Crippen LogP contribution in [-0.4, -0.2) is 41.4 Å². The summed E-state index contributed by atoms with van der Waals surface area (Å²) >= 11 is 0. The van der Waals surface area contributed by atoms with Gasteiger partial charge in [-0.15, -0.1) is 0 Å². The smallest absolute Gasteiger partial charge is 0.219 e. The maximum absolute atomic E-state index is 11.4. The summed E-state index contributed by atoms with van der Waals surface area (Å²) in [4.78, 5) is 15.8. The van der Waals surface area contributed by atoms with Crippen LogP contribution in [0.1, 0.15) is 19.4 Å². The van der Waals surface area contributed by atoms with E-state index in [0.717, 1.165) is 26.2 Å². The van der Waals surface area contributed by atoms with E-state index in [0.29, 0.717) is 6.04 Å². The largest absolute Gasteiger partial charge is 0.338 e. The number of piperazine rings is 1. The van der Waals surface area contributed by atoms with Crippen molar-refractivity contribution in [3.8, 4) is 0 Å². The molecule has 0 radical (unpaired) electrons. The molecule has 1 aliphatic rings. The van der Waals surface area contributed by atoms with Crippen molar-refractivity contribution < 1.29 is 4.79 Å². The van der Waals surface area contributed by atoms with Crippen LogP contribution in [0, 0.1) is 0 Å². The lowest BCUT2D eigenvalue weighted by atomic mass is 10.1. The lowest BCUT2D eigenvalue weighted by Crippen LogP contribution is -2.52. The number of carbonyl (C=O) groups excluding carboxylic acids is 1. The molecule has 92 valence electrons. The van der Waals surface area contributed by atoms with Gasteiger partial charge in [-0.05, 0) is 12.5 Å². The summed E-state index contributed by atoms with van der Waals surface area (Å²) in [5.74, 6) is 0.192. The molecule has 1 aromatic carbocycles. The molecule has 2 rings (SSSR count). The predicted octanol–water partition coefficient (Wildman–Crippen LogP) is 1.74. The van der Waals surface area contributed by atoms with Crippen LogP contribution in [-0.2, 0) is 11.3 Å². The van der Waals surface area contributed by atoms with E-state index in [1.165, 1.54) is 5.56 Å². The van der Waals surface area contributed by atoms with Gasteiger partial charge in [0.15, 0.2) is 0 Å². The molecule has 1 heterocycles. The zero-order valence-electron chi connectivity index (χ0n) is 10.6. The zero-order chi connectivity index (χ0) is 12.3. The van der Waals surface area contributed by atoms with Crippen LogP contribution in [0.25, 0.3) is 0 Å². The third-order valence-electron chi connectivity index (χ3n) is 3.37. The highest BCUT2D eigenvalue weighted by Gasteiger charge is 2.24. The summed E-state index contributed by atoms with van der Waals surface area (Å²) in [6.45, 7) is 7.55. The number of amides is 1. The van der Waals surface area contributed by atoms with E-state index in [2.05, 4.69) is 36.1 Å². The number of nitrogens with zero attached hydrogens (tertiary/aromatic N) is 2. The summed E-state index contributed by atoms with van der Waals surface area (Å²) in [5.41, 5.74) is 1.34. The molecule has 0 aliphatic carbocycles. The van der Waals surface area contributed by atoms with Gasteiger partial charge in [-0.1, -0.05) is 30.3 Å². The van der Waals surface area contributed by atoms with E-state index in [4.69, 9.17) is 0 Å². The average molecular weight is 232 g/mol. The number of benzene rings is 1. The predicted molar refractivity (Wildman–Crippen MR) is 68.6 cm³/mol. The van der Waals surface area contributed by atoms with Crippen LogP contribution in [0.5, 0.6) is 0 Å². The highest BCUT2D eigenvalue weighted by Crippen LogP contribution is 2.12. The molecular weight excluding hydrogens is 212 g/mol. The molecule has 3 heteroatoms. The first kappa shape index (κ1) is 12.1. The van der Waals surface area contributed by atoms with E-state index in [9.17, 15) is 4.79 Å². The highest BCUT2D eigenvalue weighted by atomic mass is 16.2. The van der Waals surface area contributed by atoms with E-state index in [-0.39, 0.29) is 5.91 Å². The molecule has 0 aromatic heterocycles. The van der Waals surface area contributed by atoms with Crippen LogP contribution in [0.2, 0.25) is 0 Å². The summed E-state index contributed by atoms with van der Waals surface area (Å²) in [6, 6.07) is 10.8. The maximum Gasteiger partial charge on any atom is 0.219 e. The first-order valence-corrected chi connectivity index (χ1v) is 6.20. The van der Waals surface area contributed by atoms with Crippen molar-refractivity contribution in [2.45, 2.75) is 26.4 Å². The number of hydrogen-bond donors (Lipinski definition) is 0. The van der Waals surface area contributed by atoms with E-state index in [1.54, 1.807) is 6.92 Å². The van der Waals surface area contributed by atoms with Crippen LogP contribution in [0.15, 0.2) is 30.3 Å². The molecule has 1 unspecified atom stereocenters. The van der Waals surface area contributed by atoms with Crippen molar-refractivity contribution in [3.63, 3.8) is 0 Å². The summed E-state index contributed by atoms with van der Waals surface area (Å²) in [6.07, 6.45) is 0. The Morgan fingerprint density at radius 1 is 1.29 bits per heavy atom. The molecule has 0 saturated carbocycles. The molecule has 3 nitrogen and oxygen atoms in total. The van der Waals surface area contributed by atoms with Crippen LogP contribution >= 0.6 is 0 Å². The Morgan fingerprint density at radius 3 is 2.59 bits per heavy atom. The fourth-order valence-corrected chi connectivity index (χ4v) is 2.49. The lowest BCUT2D eigenvalue weighted by molar-refractivity contribution is -0.133. The molecule has 0 spiro atoms. The molecule has 17 heavy (non-hydrogen) atoms. The summed E-state index contributed by atoms with van der Waals surface area (Å²) in [5, 5.41) is 0.